The lowest BCUT2D eigenvalue weighted by Crippen LogP contribution is -2.43. The van der Waals surface area contributed by atoms with Crippen LogP contribution in [0.25, 0.3) is 0 Å². The Hall–Kier alpha value is -1.41. The Bertz CT molecular complexity index is 558. The minimum absolute atomic E-state index is 0.0279. The normalized spacial score (nSPS) is 13.5. The molecule has 1 rings (SSSR count). The third-order valence-corrected chi connectivity index (χ3v) is 9.15. The van der Waals surface area contributed by atoms with Crippen molar-refractivity contribution in [3.63, 3.8) is 0 Å². The number of hydrogen-bond acceptors (Lipinski definition) is 4. The van der Waals surface area contributed by atoms with Crippen molar-refractivity contribution in [2.24, 2.45) is 0 Å². The Kier molecular flexibility index (Phi) is 8.07. The predicted octanol–water partition coefficient (Wildman–Crippen LogP) is 4.08. The van der Waals surface area contributed by atoms with Crippen LogP contribution in [-0.2, 0) is 9.16 Å². The zero-order valence-corrected chi connectivity index (χ0v) is 17.2. The Balaban J connectivity index is 2.91. The molecule has 1 atom stereocenters. The van der Waals surface area contributed by atoms with Crippen LogP contribution >= 0.6 is 0 Å². The van der Waals surface area contributed by atoms with Crippen molar-refractivity contribution < 1.29 is 19.1 Å². The highest BCUT2D eigenvalue weighted by Crippen LogP contribution is 2.37. The maximum atomic E-state index is 10.9. The first-order valence-corrected chi connectivity index (χ1v) is 11.4. The summed E-state index contributed by atoms with van der Waals surface area (Å²) in [6.45, 7) is 12.9. The van der Waals surface area contributed by atoms with Gasteiger partial charge in [0.15, 0.2) is 8.32 Å². The molecule has 0 aromatic heterocycles. The molecule has 0 fully saturated rings. The van der Waals surface area contributed by atoms with Crippen molar-refractivity contribution in [1.82, 2.24) is 5.32 Å². The summed E-state index contributed by atoms with van der Waals surface area (Å²) in [5.74, 6) is 0. The molecular formula is C18H32N2O4Si. The molecule has 142 valence electrons. The van der Waals surface area contributed by atoms with Crippen LogP contribution in [0.5, 0.6) is 0 Å². The molecule has 0 aliphatic heterocycles. The molecule has 7 heteroatoms. The first-order chi connectivity index (χ1) is 11.6. The SMILES string of the molecule is COCCNC(CO[Si](C)(C)C(C)(C)C)c1cccc(NC(=O)O)c1. The second-order valence-corrected chi connectivity index (χ2v) is 12.4. The van der Waals surface area contributed by atoms with Crippen molar-refractivity contribution in [3.8, 4) is 0 Å². The Morgan fingerprint density at radius 3 is 2.56 bits per heavy atom. The fourth-order valence-electron chi connectivity index (χ4n) is 2.07. The number of rotatable bonds is 9. The summed E-state index contributed by atoms with van der Waals surface area (Å²) in [5, 5.41) is 14.9. The summed E-state index contributed by atoms with van der Waals surface area (Å²) >= 11 is 0. The van der Waals surface area contributed by atoms with Crippen LogP contribution < -0.4 is 10.6 Å². The van der Waals surface area contributed by atoms with Gasteiger partial charge in [-0.05, 0) is 35.8 Å². The largest absolute Gasteiger partial charge is 0.465 e. The number of methoxy groups -OCH3 is 1. The van der Waals surface area contributed by atoms with Crippen LogP contribution in [0.3, 0.4) is 0 Å². The van der Waals surface area contributed by atoms with Gasteiger partial charge in [-0.1, -0.05) is 32.9 Å². The second kappa shape index (κ2) is 9.33. The standard InChI is InChI=1S/C18H32N2O4Si/c1-18(2,3)25(5,6)24-13-16(19-10-11-23-4)14-8-7-9-15(12-14)20-17(21)22/h7-9,12,16,19-20H,10-11,13H2,1-6H3,(H,21,22). The van der Waals surface area contributed by atoms with Gasteiger partial charge in [-0.2, -0.15) is 0 Å². The first-order valence-electron chi connectivity index (χ1n) is 8.53. The molecule has 3 N–H and O–H groups in total. The number of ether oxygens (including phenoxy) is 1. The van der Waals surface area contributed by atoms with E-state index in [0.717, 1.165) is 5.56 Å². The molecule has 0 heterocycles. The summed E-state index contributed by atoms with van der Waals surface area (Å²) in [7, 11) is -0.202. The molecule has 1 aromatic rings. The van der Waals surface area contributed by atoms with Crippen LogP contribution in [0.1, 0.15) is 32.4 Å². The molecule has 6 nitrogen and oxygen atoms in total. The highest BCUT2D eigenvalue weighted by Gasteiger charge is 2.37. The molecule has 1 aromatic carbocycles. The van der Waals surface area contributed by atoms with Crippen LogP contribution in [0.15, 0.2) is 24.3 Å². The molecule has 25 heavy (non-hydrogen) atoms. The van der Waals surface area contributed by atoms with E-state index in [1.807, 2.05) is 18.2 Å². The van der Waals surface area contributed by atoms with Crippen molar-refractivity contribution in [2.75, 3.05) is 32.2 Å². The van der Waals surface area contributed by atoms with E-state index in [1.165, 1.54) is 0 Å². The van der Waals surface area contributed by atoms with E-state index in [2.05, 4.69) is 44.5 Å². The summed E-state index contributed by atoms with van der Waals surface area (Å²) in [6, 6.07) is 7.37. The lowest BCUT2D eigenvalue weighted by molar-refractivity contribution is 0.185. The van der Waals surface area contributed by atoms with E-state index in [0.29, 0.717) is 25.4 Å². The van der Waals surface area contributed by atoms with Gasteiger partial charge in [-0.25, -0.2) is 4.79 Å². The van der Waals surface area contributed by atoms with Crippen LogP contribution in [0.2, 0.25) is 18.1 Å². The molecule has 1 amide bonds. The number of carboxylic acid groups (broad SMARTS) is 1. The number of benzene rings is 1. The summed E-state index contributed by atoms with van der Waals surface area (Å²) in [5.41, 5.74) is 1.54. The number of nitrogens with one attached hydrogen (secondary N) is 2. The van der Waals surface area contributed by atoms with Gasteiger partial charge in [0.1, 0.15) is 0 Å². The highest BCUT2D eigenvalue weighted by atomic mass is 28.4. The maximum absolute atomic E-state index is 10.9. The third-order valence-electron chi connectivity index (χ3n) is 4.65. The average Bonchev–Trinajstić information content (AvgIpc) is 2.49. The summed E-state index contributed by atoms with van der Waals surface area (Å²) in [4.78, 5) is 10.9. The summed E-state index contributed by atoms with van der Waals surface area (Å²) < 4.78 is 11.5. The van der Waals surface area contributed by atoms with Gasteiger partial charge in [0.25, 0.3) is 0 Å². The maximum Gasteiger partial charge on any atom is 0.409 e. The smallest absolute Gasteiger partial charge is 0.409 e. The highest BCUT2D eigenvalue weighted by molar-refractivity contribution is 6.74. The van der Waals surface area contributed by atoms with Gasteiger partial charge in [-0.3, -0.25) is 5.32 Å². The van der Waals surface area contributed by atoms with E-state index < -0.39 is 14.4 Å². The quantitative estimate of drug-likeness (QED) is 0.452. The van der Waals surface area contributed by atoms with E-state index in [-0.39, 0.29) is 11.1 Å². The molecule has 0 saturated carbocycles. The average molecular weight is 369 g/mol. The minimum atomic E-state index is -1.87. The molecule has 1 unspecified atom stereocenters. The van der Waals surface area contributed by atoms with Crippen LogP contribution in [0, 0.1) is 0 Å². The molecule has 0 saturated heterocycles. The van der Waals surface area contributed by atoms with Crippen molar-refractivity contribution in [1.29, 1.82) is 0 Å². The van der Waals surface area contributed by atoms with Gasteiger partial charge < -0.3 is 19.6 Å². The van der Waals surface area contributed by atoms with E-state index in [9.17, 15) is 4.79 Å². The molecular weight excluding hydrogens is 336 g/mol. The minimum Gasteiger partial charge on any atom is -0.465 e. The topological polar surface area (TPSA) is 79.8 Å². The number of anilines is 1. The fraction of sp³-hybridized carbons (Fsp3) is 0.611. The lowest BCUT2D eigenvalue weighted by atomic mass is 10.1. The monoisotopic (exact) mass is 368 g/mol. The van der Waals surface area contributed by atoms with Crippen LogP contribution in [-0.4, -0.2) is 46.4 Å². The molecule has 0 aliphatic rings. The molecule has 0 aliphatic carbocycles. The molecule has 0 bridgehead atoms. The van der Waals surface area contributed by atoms with E-state index >= 15 is 0 Å². The zero-order valence-electron chi connectivity index (χ0n) is 16.2. The van der Waals surface area contributed by atoms with Crippen molar-refractivity contribution in [3.05, 3.63) is 29.8 Å². The third kappa shape index (κ3) is 7.15. The van der Waals surface area contributed by atoms with Crippen molar-refractivity contribution in [2.45, 2.75) is 44.9 Å². The zero-order chi connectivity index (χ0) is 19.1. The van der Waals surface area contributed by atoms with Gasteiger partial charge in [0.2, 0.25) is 0 Å². The lowest BCUT2D eigenvalue weighted by Gasteiger charge is -2.37. The first kappa shape index (κ1) is 21.6. The Morgan fingerprint density at radius 1 is 1.32 bits per heavy atom. The van der Waals surface area contributed by atoms with Crippen LogP contribution in [0.4, 0.5) is 10.5 Å². The summed E-state index contributed by atoms with van der Waals surface area (Å²) in [6.07, 6.45) is -1.07. The number of hydrogen-bond donors (Lipinski definition) is 3. The predicted molar refractivity (Wildman–Crippen MR) is 104 cm³/mol. The van der Waals surface area contributed by atoms with Gasteiger partial charge in [-0.15, -0.1) is 0 Å². The number of carbonyl (C=O) groups is 1. The number of amides is 1. The van der Waals surface area contributed by atoms with Gasteiger partial charge in [0.05, 0.1) is 19.3 Å². The second-order valence-electron chi connectivity index (χ2n) is 7.63. The molecule has 0 radical (unpaired) electrons. The Labute approximate surface area is 152 Å². The molecule has 0 spiro atoms. The Morgan fingerprint density at radius 2 is 2.00 bits per heavy atom. The fourth-order valence-corrected chi connectivity index (χ4v) is 3.09. The van der Waals surface area contributed by atoms with Gasteiger partial charge >= 0.3 is 6.09 Å². The van der Waals surface area contributed by atoms with Gasteiger partial charge in [0, 0.05) is 19.3 Å². The van der Waals surface area contributed by atoms with Crippen molar-refractivity contribution >= 4 is 20.1 Å². The van der Waals surface area contributed by atoms with E-state index in [4.69, 9.17) is 14.3 Å². The van der Waals surface area contributed by atoms with E-state index in [1.54, 1.807) is 13.2 Å².